The molecular formula is C23H30N4. The third-order valence-electron chi connectivity index (χ3n) is 6.10. The Hall–Kier alpha value is -2.75. The van der Waals surface area contributed by atoms with Crippen molar-refractivity contribution in [2.45, 2.75) is 55.4 Å². The van der Waals surface area contributed by atoms with Crippen LogP contribution in [0, 0.1) is 55.4 Å². The standard InChI is InChI=1S/C23H30N4/c1-13-10-11-22(24-26-18(6)14(2)15(3)19(26)7)23(12-13)25-27-20(8)16(4)17(5)21(27)9/h10-12,25H,1H2,2-9H3/b24-22-. The van der Waals surface area contributed by atoms with Crippen molar-refractivity contribution in [2.75, 3.05) is 5.43 Å². The molecule has 0 saturated carbocycles. The molecule has 0 bridgehead atoms. The maximum atomic E-state index is 4.96. The normalized spacial score (nSPS) is 15.6. The predicted molar refractivity (Wildman–Crippen MR) is 115 cm³/mol. The molecule has 1 aliphatic rings. The highest BCUT2D eigenvalue weighted by atomic mass is 15.4. The Morgan fingerprint density at radius 1 is 0.741 bits per heavy atom. The van der Waals surface area contributed by atoms with Crippen LogP contribution >= 0.6 is 0 Å². The number of hydrogen-bond donors (Lipinski definition) is 1. The van der Waals surface area contributed by atoms with E-state index in [9.17, 15) is 0 Å². The van der Waals surface area contributed by atoms with Crippen LogP contribution in [0.2, 0.25) is 0 Å². The van der Waals surface area contributed by atoms with Crippen LogP contribution in [0.5, 0.6) is 0 Å². The number of aromatic nitrogens is 2. The van der Waals surface area contributed by atoms with Gasteiger partial charge in [0.15, 0.2) is 0 Å². The average Bonchev–Trinajstić information content (AvgIpc) is 2.93. The van der Waals surface area contributed by atoms with Gasteiger partial charge in [0.1, 0.15) is 5.71 Å². The minimum absolute atomic E-state index is 0.895. The molecule has 1 N–H and O–H groups in total. The summed E-state index contributed by atoms with van der Waals surface area (Å²) >= 11 is 0. The molecular weight excluding hydrogens is 332 g/mol. The maximum absolute atomic E-state index is 4.96. The van der Waals surface area contributed by atoms with Crippen LogP contribution in [-0.4, -0.2) is 15.1 Å². The third kappa shape index (κ3) is 3.09. The fraction of sp³-hybridized carbons (Fsp3) is 0.348. The van der Waals surface area contributed by atoms with E-state index >= 15 is 0 Å². The molecule has 0 unspecified atom stereocenters. The van der Waals surface area contributed by atoms with Crippen molar-refractivity contribution in [3.8, 4) is 0 Å². The predicted octanol–water partition coefficient (Wildman–Crippen LogP) is 5.21. The second kappa shape index (κ2) is 6.76. The van der Waals surface area contributed by atoms with Crippen LogP contribution in [0.4, 0.5) is 0 Å². The Morgan fingerprint density at radius 3 is 1.74 bits per heavy atom. The molecule has 0 radical (unpaired) electrons. The lowest BCUT2D eigenvalue weighted by atomic mass is 10.1. The van der Waals surface area contributed by atoms with E-state index in [0.29, 0.717) is 0 Å². The van der Waals surface area contributed by atoms with Crippen LogP contribution in [0.15, 0.2) is 41.2 Å². The topological polar surface area (TPSA) is 34.2 Å². The highest BCUT2D eigenvalue weighted by Crippen LogP contribution is 2.23. The second-order valence-electron chi connectivity index (χ2n) is 7.55. The molecule has 142 valence electrons. The zero-order valence-electron chi connectivity index (χ0n) is 17.8. The zero-order chi connectivity index (χ0) is 20.0. The first-order valence-electron chi connectivity index (χ1n) is 9.38. The molecule has 0 amide bonds. The molecule has 0 spiro atoms. The number of nitrogens with zero attached hydrogens (tertiary/aromatic N) is 3. The van der Waals surface area contributed by atoms with E-state index in [-0.39, 0.29) is 0 Å². The lowest BCUT2D eigenvalue weighted by Gasteiger charge is -2.19. The highest BCUT2D eigenvalue weighted by Gasteiger charge is 2.17. The summed E-state index contributed by atoms with van der Waals surface area (Å²) in [5.41, 5.74) is 16.4. The molecule has 27 heavy (non-hydrogen) atoms. The van der Waals surface area contributed by atoms with E-state index in [2.05, 4.69) is 78.1 Å². The monoisotopic (exact) mass is 362 g/mol. The number of nitrogens with one attached hydrogen (secondary N) is 1. The SMILES string of the molecule is C=C1C=C/C(=N/n2c(C)c(C)c(C)c2C)C(Nn2c(C)c(C)c(C)c2C)=C1. The van der Waals surface area contributed by atoms with Gasteiger partial charge in [-0.2, -0.15) is 5.10 Å². The van der Waals surface area contributed by atoms with Crippen molar-refractivity contribution in [3.05, 3.63) is 81.1 Å². The summed E-state index contributed by atoms with van der Waals surface area (Å²) in [6.07, 6.45) is 6.09. The largest absolute Gasteiger partial charge is 0.292 e. The fourth-order valence-electron chi connectivity index (χ4n) is 3.55. The van der Waals surface area contributed by atoms with Crippen LogP contribution < -0.4 is 5.43 Å². The van der Waals surface area contributed by atoms with E-state index in [1.807, 2.05) is 16.8 Å². The Balaban J connectivity index is 2.08. The van der Waals surface area contributed by atoms with Gasteiger partial charge >= 0.3 is 0 Å². The minimum atomic E-state index is 0.895. The molecule has 2 aromatic rings. The van der Waals surface area contributed by atoms with E-state index in [4.69, 9.17) is 5.10 Å². The van der Waals surface area contributed by atoms with Gasteiger partial charge in [-0.05, 0) is 95.4 Å². The molecule has 2 aromatic heterocycles. The summed E-state index contributed by atoms with van der Waals surface area (Å²) < 4.78 is 4.18. The van der Waals surface area contributed by atoms with Crippen molar-refractivity contribution >= 4 is 5.71 Å². The minimum Gasteiger partial charge on any atom is -0.292 e. The summed E-state index contributed by atoms with van der Waals surface area (Å²) in [5.74, 6) is 0. The van der Waals surface area contributed by atoms with Crippen molar-refractivity contribution in [2.24, 2.45) is 5.10 Å². The van der Waals surface area contributed by atoms with Gasteiger partial charge in [0.25, 0.3) is 0 Å². The lowest BCUT2D eigenvalue weighted by molar-refractivity contribution is 0.804. The Labute approximate surface area is 162 Å². The van der Waals surface area contributed by atoms with E-state index in [0.717, 1.165) is 17.0 Å². The average molecular weight is 363 g/mol. The van der Waals surface area contributed by atoms with E-state index in [1.54, 1.807) is 0 Å². The van der Waals surface area contributed by atoms with Gasteiger partial charge < -0.3 is 0 Å². The summed E-state index contributed by atoms with van der Waals surface area (Å²) in [5, 5.41) is 4.96. The smallest absolute Gasteiger partial charge is 0.109 e. The van der Waals surface area contributed by atoms with Crippen LogP contribution in [-0.2, 0) is 0 Å². The molecule has 0 saturated heterocycles. The first kappa shape index (κ1) is 19.0. The van der Waals surface area contributed by atoms with Crippen molar-refractivity contribution in [3.63, 3.8) is 0 Å². The van der Waals surface area contributed by atoms with Crippen LogP contribution in [0.3, 0.4) is 0 Å². The summed E-state index contributed by atoms with van der Waals surface area (Å²) in [6.45, 7) is 21.2. The molecule has 2 heterocycles. The molecule has 0 fully saturated rings. The second-order valence-corrected chi connectivity index (χ2v) is 7.55. The molecule has 4 nitrogen and oxygen atoms in total. The molecule has 3 rings (SSSR count). The number of rotatable bonds is 3. The first-order valence-corrected chi connectivity index (χ1v) is 9.38. The molecule has 1 aliphatic carbocycles. The Kier molecular flexibility index (Phi) is 4.77. The van der Waals surface area contributed by atoms with Gasteiger partial charge in [0.2, 0.25) is 0 Å². The first-order chi connectivity index (χ1) is 12.6. The van der Waals surface area contributed by atoms with Gasteiger partial charge in [-0.3, -0.25) is 10.1 Å². The van der Waals surface area contributed by atoms with Gasteiger partial charge in [-0.1, -0.05) is 12.7 Å². The summed E-state index contributed by atoms with van der Waals surface area (Å²) in [7, 11) is 0. The maximum Gasteiger partial charge on any atom is 0.109 e. The van der Waals surface area contributed by atoms with Crippen LogP contribution in [0.1, 0.15) is 45.0 Å². The number of hydrogen-bond acceptors (Lipinski definition) is 2. The zero-order valence-corrected chi connectivity index (χ0v) is 17.8. The van der Waals surface area contributed by atoms with Crippen molar-refractivity contribution < 1.29 is 0 Å². The van der Waals surface area contributed by atoms with E-state index < -0.39 is 0 Å². The van der Waals surface area contributed by atoms with Crippen LogP contribution in [0.25, 0.3) is 0 Å². The Morgan fingerprint density at radius 2 is 1.22 bits per heavy atom. The van der Waals surface area contributed by atoms with Gasteiger partial charge in [-0.15, -0.1) is 0 Å². The van der Waals surface area contributed by atoms with Crippen molar-refractivity contribution in [1.82, 2.24) is 9.35 Å². The molecule has 0 aromatic carbocycles. The van der Waals surface area contributed by atoms with E-state index in [1.165, 1.54) is 45.0 Å². The summed E-state index contributed by atoms with van der Waals surface area (Å²) in [6, 6.07) is 0. The third-order valence-corrected chi connectivity index (χ3v) is 6.10. The molecule has 4 heteroatoms. The van der Waals surface area contributed by atoms with Gasteiger partial charge in [-0.25, -0.2) is 4.68 Å². The number of allylic oxidation sites excluding steroid dienone is 4. The van der Waals surface area contributed by atoms with Gasteiger partial charge in [0, 0.05) is 22.8 Å². The molecule has 0 aliphatic heterocycles. The molecule has 0 atom stereocenters. The van der Waals surface area contributed by atoms with Crippen molar-refractivity contribution in [1.29, 1.82) is 0 Å². The fourth-order valence-corrected chi connectivity index (χ4v) is 3.55. The highest BCUT2D eigenvalue weighted by molar-refractivity contribution is 6.11. The quantitative estimate of drug-likeness (QED) is 0.798. The summed E-state index contributed by atoms with van der Waals surface area (Å²) in [4.78, 5) is 0. The Bertz CT molecular complexity index is 985. The lowest BCUT2D eigenvalue weighted by Crippen LogP contribution is -2.24. The van der Waals surface area contributed by atoms with Gasteiger partial charge in [0.05, 0.1) is 5.70 Å².